The van der Waals surface area contributed by atoms with Gasteiger partial charge in [0.15, 0.2) is 6.10 Å². The van der Waals surface area contributed by atoms with Crippen molar-refractivity contribution in [2.75, 3.05) is 19.8 Å². The van der Waals surface area contributed by atoms with E-state index < -0.39 is 6.10 Å². The lowest BCUT2D eigenvalue weighted by atomic mass is 10.1. The predicted molar refractivity (Wildman–Crippen MR) is 196 cm³/mol. The molecular weight excluding hydrogens is 572 g/mol. The molecular formula is C41H78O5. The number of hydrogen-bond acceptors (Lipinski definition) is 5. The molecule has 0 saturated carbocycles. The Bertz CT molecular complexity index is 661. The van der Waals surface area contributed by atoms with Gasteiger partial charge >= 0.3 is 11.9 Å². The second-order valence-electron chi connectivity index (χ2n) is 13.6. The topological polar surface area (TPSA) is 61.8 Å². The van der Waals surface area contributed by atoms with Crippen LogP contribution in [0, 0.1) is 0 Å². The highest BCUT2D eigenvalue weighted by Gasteiger charge is 2.17. The Morgan fingerprint density at radius 1 is 0.457 bits per heavy atom. The third-order valence-electron chi connectivity index (χ3n) is 8.80. The van der Waals surface area contributed by atoms with E-state index in [0.717, 1.165) is 44.9 Å². The number of rotatable bonds is 37. The number of unbranched alkanes of at least 4 members (excludes halogenated alkanes) is 24. The van der Waals surface area contributed by atoms with E-state index in [9.17, 15) is 9.59 Å². The van der Waals surface area contributed by atoms with E-state index in [1.165, 1.54) is 135 Å². The summed E-state index contributed by atoms with van der Waals surface area (Å²) in [7, 11) is 0. The largest absolute Gasteiger partial charge is 0.462 e. The van der Waals surface area contributed by atoms with Crippen LogP contribution in [0.15, 0.2) is 12.2 Å². The molecule has 0 aliphatic carbocycles. The first kappa shape index (κ1) is 44.6. The Hall–Kier alpha value is -1.36. The van der Waals surface area contributed by atoms with Gasteiger partial charge < -0.3 is 14.2 Å². The molecule has 1 unspecified atom stereocenters. The molecule has 0 spiro atoms. The van der Waals surface area contributed by atoms with Crippen LogP contribution in [-0.4, -0.2) is 37.9 Å². The van der Waals surface area contributed by atoms with Crippen molar-refractivity contribution in [1.29, 1.82) is 0 Å². The molecule has 0 aromatic carbocycles. The summed E-state index contributed by atoms with van der Waals surface area (Å²) >= 11 is 0. The normalized spacial score (nSPS) is 12.2. The number of ether oxygens (including phenoxy) is 3. The number of carbonyl (C=O) groups excluding carboxylic acids is 2. The van der Waals surface area contributed by atoms with Crippen molar-refractivity contribution in [3.63, 3.8) is 0 Å². The van der Waals surface area contributed by atoms with Gasteiger partial charge in [-0.3, -0.25) is 9.59 Å². The van der Waals surface area contributed by atoms with Crippen molar-refractivity contribution in [1.82, 2.24) is 0 Å². The van der Waals surface area contributed by atoms with Gasteiger partial charge in [-0.1, -0.05) is 168 Å². The molecule has 0 aliphatic rings. The first-order valence-electron chi connectivity index (χ1n) is 20.2. The molecule has 0 amide bonds. The fraction of sp³-hybridized carbons (Fsp3) is 0.902. The third-order valence-corrected chi connectivity index (χ3v) is 8.80. The van der Waals surface area contributed by atoms with Gasteiger partial charge in [0.1, 0.15) is 6.61 Å². The Labute approximate surface area is 286 Å². The maximum atomic E-state index is 12.4. The molecule has 1 atom stereocenters. The molecule has 5 nitrogen and oxygen atoms in total. The average molecular weight is 651 g/mol. The van der Waals surface area contributed by atoms with Gasteiger partial charge in [-0.25, -0.2) is 0 Å². The molecule has 0 aliphatic heterocycles. The maximum Gasteiger partial charge on any atom is 0.306 e. The zero-order valence-corrected chi connectivity index (χ0v) is 31.1. The Balaban J connectivity index is 3.87. The lowest BCUT2D eigenvalue weighted by molar-refractivity contribution is -0.163. The third kappa shape index (κ3) is 35.5. The summed E-state index contributed by atoms with van der Waals surface area (Å²) < 4.78 is 17.0. The van der Waals surface area contributed by atoms with Crippen LogP contribution in [0.1, 0.15) is 213 Å². The predicted octanol–water partition coefficient (Wildman–Crippen LogP) is 12.8. The minimum Gasteiger partial charge on any atom is -0.462 e. The van der Waals surface area contributed by atoms with Gasteiger partial charge in [0.25, 0.3) is 0 Å². The zero-order chi connectivity index (χ0) is 33.6. The quantitative estimate of drug-likeness (QED) is 0.0380. The lowest BCUT2D eigenvalue weighted by Crippen LogP contribution is -2.30. The lowest BCUT2D eigenvalue weighted by Gasteiger charge is -2.18. The van der Waals surface area contributed by atoms with Gasteiger partial charge in [-0.05, 0) is 44.9 Å². The average Bonchev–Trinajstić information content (AvgIpc) is 3.05. The summed E-state index contributed by atoms with van der Waals surface area (Å²) in [6.07, 6.45) is 39.8. The van der Waals surface area contributed by atoms with Crippen molar-refractivity contribution >= 4 is 11.9 Å². The summed E-state index contributed by atoms with van der Waals surface area (Å²) in [5.41, 5.74) is 0. The van der Waals surface area contributed by atoms with Gasteiger partial charge in [0.2, 0.25) is 0 Å². The van der Waals surface area contributed by atoms with E-state index in [-0.39, 0.29) is 18.5 Å². The van der Waals surface area contributed by atoms with Crippen LogP contribution in [0.5, 0.6) is 0 Å². The number of carbonyl (C=O) groups is 2. The summed E-state index contributed by atoms with van der Waals surface area (Å²) in [4.78, 5) is 24.6. The van der Waals surface area contributed by atoms with Gasteiger partial charge in [0.05, 0.1) is 6.61 Å². The zero-order valence-electron chi connectivity index (χ0n) is 31.1. The van der Waals surface area contributed by atoms with Crippen molar-refractivity contribution in [2.24, 2.45) is 0 Å². The first-order chi connectivity index (χ1) is 22.6. The van der Waals surface area contributed by atoms with Crippen LogP contribution in [0.4, 0.5) is 0 Å². The number of hydrogen-bond donors (Lipinski definition) is 0. The minimum atomic E-state index is -0.520. The van der Waals surface area contributed by atoms with E-state index >= 15 is 0 Å². The molecule has 0 radical (unpaired) electrons. The summed E-state index contributed by atoms with van der Waals surface area (Å²) in [6, 6.07) is 0. The molecule has 0 aromatic rings. The summed E-state index contributed by atoms with van der Waals surface area (Å²) in [5.74, 6) is -0.417. The van der Waals surface area contributed by atoms with E-state index in [2.05, 4.69) is 32.9 Å². The van der Waals surface area contributed by atoms with Crippen LogP contribution in [0.3, 0.4) is 0 Å². The number of esters is 2. The Kier molecular flexibility index (Phi) is 37.0. The molecule has 5 heteroatoms. The van der Waals surface area contributed by atoms with E-state index in [1.807, 2.05) is 0 Å². The van der Waals surface area contributed by atoms with Crippen molar-refractivity contribution in [2.45, 2.75) is 219 Å². The second kappa shape index (κ2) is 38.1. The number of allylic oxidation sites excluding steroid dienone is 2. The fourth-order valence-corrected chi connectivity index (χ4v) is 5.74. The highest BCUT2D eigenvalue weighted by atomic mass is 16.6. The molecule has 272 valence electrons. The SMILES string of the molecule is CCCCCCCC/C=C\CCCCCCCCCCCCOCC(COC(=O)CCCCCCC)OC(=O)CCCCCCC. The van der Waals surface area contributed by atoms with Crippen LogP contribution >= 0.6 is 0 Å². The molecule has 0 rings (SSSR count). The molecule has 0 heterocycles. The first-order valence-corrected chi connectivity index (χ1v) is 20.2. The second-order valence-corrected chi connectivity index (χ2v) is 13.6. The fourth-order valence-electron chi connectivity index (χ4n) is 5.74. The summed E-state index contributed by atoms with van der Waals surface area (Å²) in [6.45, 7) is 7.69. The van der Waals surface area contributed by atoms with Crippen LogP contribution in [-0.2, 0) is 23.8 Å². The highest BCUT2D eigenvalue weighted by Crippen LogP contribution is 2.13. The van der Waals surface area contributed by atoms with Crippen molar-refractivity contribution < 1.29 is 23.8 Å². The molecule has 0 saturated heterocycles. The standard InChI is InChI=1S/C41H78O5/c1-4-7-10-13-14-15-16-17-18-19-20-21-22-23-24-25-26-27-30-33-36-44-37-39(46-41(43)35-32-29-12-9-6-3)38-45-40(42)34-31-28-11-8-5-2/h17-18,39H,4-16,19-38H2,1-3H3/b18-17-. The monoisotopic (exact) mass is 651 g/mol. The van der Waals surface area contributed by atoms with Crippen LogP contribution in [0.2, 0.25) is 0 Å². The minimum absolute atomic E-state index is 0.0886. The summed E-state index contributed by atoms with van der Waals surface area (Å²) in [5, 5.41) is 0. The molecule has 0 fully saturated rings. The van der Waals surface area contributed by atoms with Gasteiger partial charge in [0, 0.05) is 19.4 Å². The van der Waals surface area contributed by atoms with E-state index in [1.54, 1.807) is 0 Å². The smallest absolute Gasteiger partial charge is 0.306 e. The Morgan fingerprint density at radius 3 is 1.33 bits per heavy atom. The molecule has 0 N–H and O–H groups in total. The van der Waals surface area contributed by atoms with E-state index in [0.29, 0.717) is 26.1 Å². The molecule has 0 aromatic heterocycles. The van der Waals surface area contributed by atoms with Crippen molar-refractivity contribution in [3.8, 4) is 0 Å². The Morgan fingerprint density at radius 2 is 0.848 bits per heavy atom. The van der Waals surface area contributed by atoms with Crippen molar-refractivity contribution in [3.05, 3.63) is 12.2 Å². The maximum absolute atomic E-state index is 12.4. The van der Waals surface area contributed by atoms with Gasteiger partial charge in [-0.2, -0.15) is 0 Å². The van der Waals surface area contributed by atoms with E-state index in [4.69, 9.17) is 14.2 Å². The molecule has 0 bridgehead atoms. The highest BCUT2D eigenvalue weighted by molar-refractivity contribution is 5.70. The van der Waals surface area contributed by atoms with Crippen LogP contribution < -0.4 is 0 Å². The molecule has 46 heavy (non-hydrogen) atoms. The van der Waals surface area contributed by atoms with Gasteiger partial charge in [-0.15, -0.1) is 0 Å². The van der Waals surface area contributed by atoms with Crippen LogP contribution in [0.25, 0.3) is 0 Å².